The number of alkyl halides is 3. The molecule has 0 aliphatic rings. The van der Waals surface area contributed by atoms with E-state index in [0.29, 0.717) is 0 Å². The molecule has 1 unspecified atom stereocenters. The summed E-state index contributed by atoms with van der Waals surface area (Å²) in [6.45, 7) is -1.39. The van der Waals surface area contributed by atoms with E-state index >= 15 is 0 Å². The van der Waals surface area contributed by atoms with Gasteiger partial charge < -0.3 is 5.73 Å². The van der Waals surface area contributed by atoms with Gasteiger partial charge in [0.1, 0.15) is 11.9 Å². The van der Waals surface area contributed by atoms with Crippen LogP contribution in [0, 0.1) is 5.82 Å². The van der Waals surface area contributed by atoms with Crippen molar-refractivity contribution < 1.29 is 22.4 Å². The van der Waals surface area contributed by atoms with E-state index in [1.165, 1.54) is 12.1 Å². The van der Waals surface area contributed by atoms with Crippen LogP contribution in [0.15, 0.2) is 22.7 Å². The van der Waals surface area contributed by atoms with Crippen LogP contribution >= 0.6 is 15.9 Å². The van der Waals surface area contributed by atoms with E-state index < -0.39 is 30.5 Å². The van der Waals surface area contributed by atoms with Crippen molar-refractivity contribution in [2.75, 3.05) is 6.54 Å². The molecule has 0 spiro atoms. The van der Waals surface area contributed by atoms with Crippen molar-refractivity contribution in [1.82, 2.24) is 5.32 Å². The fraction of sp³-hybridized carbons (Fsp3) is 0.300. The molecule has 3 N–H and O–H groups in total. The minimum atomic E-state index is -4.48. The maximum Gasteiger partial charge on any atom is 0.401 e. The molecule has 0 saturated carbocycles. The van der Waals surface area contributed by atoms with Crippen molar-refractivity contribution in [1.29, 1.82) is 0 Å². The van der Waals surface area contributed by atoms with Gasteiger partial charge >= 0.3 is 6.18 Å². The number of halogens is 5. The second-order valence-electron chi connectivity index (χ2n) is 3.51. The molecule has 0 saturated heterocycles. The molecule has 1 amide bonds. The van der Waals surface area contributed by atoms with Crippen LogP contribution in [0.3, 0.4) is 0 Å². The number of amides is 1. The highest BCUT2D eigenvalue weighted by Crippen LogP contribution is 2.22. The monoisotopic (exact) mass is 328 g/mol. The summed E-state index contributed by atoms with van der Waals surface area (Å²) in [6, 6.07) is 2.15. The van der Waals surface area contributed by atoms with Crippen LogP contribution in [0.25, 0.3) is 0 Å². The lowest BCUT2D eigenvalue weighted by atomic mass is 10.1. The van der Waals surface area contributed by atoms with E-state index in [1.807, 2.05) is 5.32 Å². The predicted molar refractivity (Wildman–Crippen MR) is 60.1 cm³/mol. The van der Waals surface area contributed by atoms with Crippen LogP contribution in [-0.2, 0) is 4.79 Å². The van der Waals surface area contributed by atoms with Gasteiger partial charge in [-0.3, -0.25) is 10.1 Å². The van der Waals surface area contributed by atoms with Gasteiger partial charge in [-0.05, 0) is 33.6 Å². The van der Waals surface area contributed by atoms with E-state index in [4.69, 9.17) is 5.73 Å². The van der Waals surface area contributed by atoms with E-state index in [2.05, 4.69) is 15.9 Å². The Labute approximate surface area is 108 Å². The lowest BCUT2D eigenvalue weighted by Gasteiger charge is -2.17. The van der Waals surface area contributed by atoms with Gasteiger partial charge in [0.15, 0.2) is 0 Å². The molecule has 0 fully saturated rings. The van der Waals surface area contributed by atoms with Gasteiger partial charge in [0.05, 0.1) is 11.0 Å². The van der Waals surface area contributed by atoms with Crippen LogP contribution in [0.2, 0.25) is 0 Å². The molecule has 1 rings (SSSR count). The van der Waals surface area contributed by atoms with Crippen LogP contribution in [-0.4, -0.2) is 18.6 Å². The zero-order valence-corrected chi connectivity index (χ0v) is 10.5. The second-order valence-corrected chi connectivity index (χ2v) is 4.36. The Morgan fingerprint density at radius 1 is 1.44 bits per heavy atom. The molecule has 8 heteroatoms. The molecule has 0 heterocycles. The summed E-state index contributed by atoms with van der Waals surface area (Å²) in [4.78, 5) is 11.1. The minimum Gasteiger partial charge on any atom is -0.368 e. The highest BCUT2D eigenvalue weighted by atomic mass is 79.9. The average Bonchev–Trinajstić information content (AvgIpc) is 2.21. The van der Waals surface area contributed by atoms with Crippen molar-refractivity contribution in [3.63, 3.8) is 0 Å². The number of nitrogens with two attached hydrogens (primary N) is 1. The lowest BCUT2D eigenvalue weighted by molar-refractivity contribution is -0.130. The zero-order valence-electron chi connectivity index (χ0n) is 8.89. The largest absolute Gasteiger partial charge is 0.401 e. The molecular weight excluding hydrogens is 320 g/mol. The van der Waals surface area contributed by atoms with Crippen molar-refractivity contribution in [3.8, 4) is 0 Å². The lowest BCUT2D eigenvalue weighted by Crippen LogP contribution is -2.39. The molecule has 1 aromatic carbocycles. The van der Waals surface area contributed by atoms with Crippen molar-refractivity contribution >= 4 is 21.8 Å². The molecule has 0 bridgehead atoms. The van der Waals surface area contributed by atoms with Crippen LogP contribution < -0.4 is 11.1 Å². The predicted octanol–water partition coefficient (Wildman–Crippen LogP) is 2.27. The number of carbonyl (C=O) groups is 1. The molecule has 1 atom stereocenters. The summed E-state index contributed by atoms with van der Waals surface area (Å²) < 4.78 is 49.5. The van der Waals surface area contributed by atoms with E-state index in [-0.39, 0.29) is 10.0 Å². The van der Waals surface area contributed by atoms with Crippen molar-refractivity contribution in [2.24, 2.45) is 5.73 Å². The number of benzene rings is 1. The van der Waals surface area contributed by atoms with Gasteiger partial charge in [0.25, 0.3) is 0 Å². The number of hydrogen-bond donors (Lipinski definition) is 2. The van der Waals surface area contributed by atoms with Gasteiger partial charge in [-0.15, -0.1) is 0 Å². The van der Waals surface area contributed by atoms with Crippen LogP contribution in [0.4, 0.5) is 17.6 Å². The summed E-state index contributed by atoms with van der Waals surface area (Å²) in [5.41, 5.74) is 5.02. The average molecular weight is 329 g/mol. The molecule has 0 aromatic heterocycles. The maximum atomic E-state index is 13.2. The molecule has 3 nitrogen and oxygen atoms in total. The first-order valence-electron chi connectivity index (χ1n) is 4.75. The Balaban J connectivity index is 2.91. The summed E-state index contributed by atoms with van der Waals surface area (Å²) in [5, 5.41) is 1.94. The van der Waals surface area contributed by atoms with Gasteiger partial charge in [-0.1, -0.05) is 6.07 Å². The van der Waals surface area contributed by atoms with Crippen LogP contribution in [0.5, 0.6) is 0 Å². The Hall–Kier alpha value is -1.15. The first-order chi connectivity index (χ1) is 8.20. The zero-order chi connectivity index (χ0) is 13.9. The van der Waals surface area contributed by atoms with Gasteiger partial charge in [-0.25, -0.2) is 4.39 Å². The van der Waals surface area contributed by atoms with Crippen LogP contribution in [0.1, 0.15) is 11.6 Å². The quantitative estimate of drug-likeness (QED) is 0.833. The van der Waals surface area contributed by atoms with E-state index in [0.717, 1.165) is 6.07 Å². The Morgan fingerprint density at radius 3 is 2.50 bits per heavy atom. The summed E-state index contributed by atoms with van der Waals surface area (Å²) in [7, 11) is 0. The number of rotatable bonds is 4. The smallest absolute Gasteiger partial charge is 0.368 e. The summed E-state index contributed by atoms with van der Waals surface area (Å²) in [5.74, 6) is -1.70. The number of primary amides is 1. The topological polar surface area (TPSA) is 55.1 Å². The first kappa shape index (κ1) is 14.9. The van der Waals surface area contributed by atoms with Crippen molar-refractivity contribution in [3.05, 3.63) is 34.1 Å². The minimum absolute atomic E-state index is 0.0347. The second kappa shape index (κ2) is 5.66. The third-order valence-electron chi connectivity index (χ3n) is 2.07. The normalized spacial score (nSPS) is 13.4. The van der Waals surface area contributed by atoms with Gasteiger partial charge in [0, 0.05) is 0 Å². The molecule has 1 aromatic rings. The maximum absolute atomic E-state index is 13.2. The number of carbonyl (C=O) groups excluding carboxylic acids is 1. The van der Waals surface area contributed by atoms with Gasteiger partial charge in [-0.2, -0.15) is 13.2 Å². The van der Waals surface area contributed by atoms with E-state index in [9.17, 15) is 22.4 Å². The summed E-state index contributed by atoms with van der Waals surface area (Å²) in [6.07, 6.45) is -4.48. The third kappa shape index (κ3) is 4.26. The Bertz CT molecular complexity index is 450. The third-order valence-corrected chi connectivity index (χ3v) is 2.71. The fourth-order valence-corrected chi connectivity index (χ4v) is 1.54. The first-order valence-corrected chi connectivity index (χ1v) is 5.54. The standard InChI is InChI=1S/C10H9BrF4N2O/c11-6-2-1-5(3-7(6)12)8(9(16)18)17-4-10(13,14)15/h1-3,8,17H,4H2,(H2,16,18). The van der Waals surface area contributed by atoms with Gasteiger partial charge in [0.2, 0.25) is 5.91 Å². The Kier molecular flexibility index (Phi) is 4.69. The molecular formula is C10H9BrF4N2O. The molecule has 100 valence electrons. The number of hydrogen-bond acceptors (Lipinski definition) is 2. The fourth-order valence-electron chi connectivity index (χ4n) is 1.29. The molecule has 0 aliphatic carbocycles. The highest BCUT2D eigenvalue weighted by molar-refractivity contribution is 9.10. The SMILES string of the molecule is NC(=O)C(NCC(F)(F)F)c1ccc(Br)c(F)c1. The Morgan fingerprint density at radius 2 is 2.06 bits per heavy atom. The molecule has 18 heavy (non-hydrogen) atoms. The molecule has 0 radical (unpaired) electrons. The number of nitrogens with one attached hydrogen (secondary N) is 1. The van der Waals surface area contributed by atoms with Crippen molar-refractivity contribution in [2.45, 2.75) is 12.2 Å². The highest BCUT2D eigenvalue weighted by Gasteiger charge is 2.30. The molecule has 0 aliphatic heterocycles. The summed E-state index contributed by atoms with van der Waals surface area (Å²) >= 11 is 2.89. The van der Waals surface area contributed by atoms with E-state index in [1.54, 1.807) is 0 Å².